The van der Waals surface area contributed by atoms with Gasteiger partial charge in [0.05, 0.1) is 0 Å². The van der Waals surface area contributed by atoms with Gasteiger partial charge in [0.2, 0.25) is 0 Å². The van der Waals surface area contributed by atoms with Crippen molar-refractivity contribution in [2.75, 3.05) is 13.2 Å². The van der Waals surface area contributed by atoms with Crippen molar-refractivity contribution in [3.05, 3.63) is 170 Å². The summed E-state index contributed by atoms with van der Waals surface area (Å²) in [5.74, 6) is -1.03. The zero-order valence-electron chi connectivity index (χ0n) is 52.7. The van der Waals surface area contributed by atoms with Crippen LogP contribution in [0.5, 0.6) is 0 Å². The molecule has 0 radical (unpaired) electrons. The maximum absolute atomic E-state index is 12.9. The minimum atomic E-state index is -0.836. The van der Waals surface area contributed by atoms with Gasteiger partial charge in [0, 0.05) is 19.3 Å². The molecule has 0 bridgehead atoms. The first-order chi connectivity index (χ1) is 40.5. The SMILES string of the molecule is CC/C=C\C/C=C\C/C=C\C/C=C\C/C=C\C/C=C\CCCCCCCCCCCCC(=O)OCC(COC(=O)CCCCCCC/C=C\C/C=C\CCCCCC)OC(=O)CC/C=C\C/C=C\C/C=C\C/C=C\C/C=C\C/C=C\CC. The van der Waals surface area contributed by atoms with E-state index in [1.165, 1.54) is 77.0 Å². The van der Waals surface area contributed by atoms with Crippen LogP contribution < -0.4 is 0 Å². The van der Waals surface area contributed by atoms with E-state index in [-0.39, 0.29) is 31.6 Å². The molecule has 0 aliphatic rings. The number of hydrogen-bond donors (Lipinski definition) is 0. The van der Waals surface area contributed by atoms with E-state index in [1.807, 2.05) is 12.2 Å². The number of unbranched alkanes of at least 4 members (excludes halogenated alkanes) is 19. The summed E-state index contributed by atoms with van der Waals surface area (Å²) in [7, 11) is 0. The zero-order valence-corrected chi connectivity index (χ0v) is 52.7. The Hall–Kier alpha value is -5.23. The van der Waals surface area contributed by atoms with Crippen LogP contribution >= 0.6 is 0 Å². The van der Waals surface area contributed by atoms with Gasteiger partial charge in [-0.25, -0.2) is 0 Å². The average Bonchev–Trinajstić information content (AvgIpc) is 3.47. The van der Waals surface area contributed by atoms with Crippen LogP contribution in [0.4, 0.5) is 0 Å². The number of allylic oxidation sites excluding steroid dienone is 28. The van der Waals surface area contributed by atoms with E-state index in [0.29, 0.717) is 19.3 Å². The Kier molecular flexibility index (Phi) is 63.9. The fourth-order valence-corrected chi connectivity index (χ4v) is 8.56. The summed E-state index contributed by atoms with van der Waals surface area (Å²) < 4.78 is 16.9. The fourth-order valence-electron chi connectivity index (χ4n) is 8.56. The minimum Gasteiger partial charge on any atom is -0.462 e. The molecular formula is C76H120O6. The molecule has 1 atom stereocenters. The monoisotopic (exact) mass is 1130 g/mol. The topological polar surface area (TPSA) is 78.9 Å². The molecule has 0 spiro atoms. The molecule has 82 heavy (non-hydrogen) atoms. The Morgan fingerprint density at radius 2 is 0.500 bits per heavy atom. The molecule has 0 saturated carbocycles. The molecule has 0 heterocycles. The van der Waals surface area contributed by atoms with E-state index in [4.69, 9.17) is 14.2 Å². The number of carbonyl (C=O) groups is 3. The van der Waals surface area contributed by atoms with Gasteiger partial charge in [0.25, 0.3) is 0 Å². The van der Waals surface area contributed by atoms with E-state index < -0.39 is 12.1 Å². The van der Waals surface area contributed by atoms with E-state index in [1.54, 1.807) is 0 Å². The van der Waals surface area contributed by atoms with Gasteiger partial charge in [-0.1, -0.05) is 281 Å². The smallest absolute Gasteiger partial charge is 0.306 e. The van der Waals surface area contributed by atoms with Crippen molar-refractivity contribution < 1.29 is 28.6 Å². The molecule has 6 heteroatoms. The second-order valence-corrected chi connectivity index (χ2v) is 21.3. The minimum absolute atomic E-state index is 0.122. The number of esters is 3. The highest BCUT2D eigenvalue weighted by Crippen LogP contribution is 2.14. The average molecular weight is 1130 g/mol. The summed E-state index contributed by atoms with van der Waals surface area (Å²) >= 11 is 0. The molecular weight excluding hydrogens is 1010 g/mol. The van der Waals surface area contributed by atoms with Crippen LogP contribution in [-0.4, -0.2) is 37.2 Å². The van der Waals surface area contributed by atoms with E-state index in [0.717, 1.165) is 148 Å². The summed E-state index contributed by atoms with van der Waals surface area (Å²) in [5.41, 5.74) is 0. The van der Waals surface area contributed by atoms with Crippen molar-refractivity contribution in [1.29, 1.82) is 0 Å². The second kappa shape index (κ2) is 68.3. The molecule has 0 aromatic carbocycles. The lowest BCUT2D eigenvalue weighted by Gasteiger charge is -2.18. The molecule has 0 saturated heterocycles. The molecule has 6 nitrogen and oxygen atoms in total. The Bertz CT molecular complexity index is 1870. The van der Waals surface area contributed by atoms with Crippen molar-refractivity contribution in [3.63, 3.8) is 0 Å². The highest BCUT2D eigenvalue weighted by atomic mass is 16.6. The summed E-state index contributed by atoms with van der Waals surface area (Å²) in [5, 5.41) is 0. The summed E-state index contributed by atoms with van der Waals surface area (Å²) in [6, 6.07) is 0. The number of hydrogen-bond acceptors (Lipinski definition) is 6. The van der Waals surface area contributed by atoms with E-state index in [9.17, 15) is 14.4 Å². The number of ether oxygens (including phenoxy) is 3. The van der Waals surface area contributed by atoms with Crippen molar-refractivity contribution in [2.24, 2.45) is 0 Å². The molecule has 0 aromatic heterocycles. The Balaban J connectivity index is 4.46. The van der Waals surface area contributed by atoms with Crippen LogP contribution in [0.1, 0.15) is 271 Å². The Labute approximate surface area is 504 Å². The molecule has 0 amide bonds. The first-order valence-electron chi connectivity index (χ1n) is 33.1. The molecule has 1 unspecified atom stereocenters. The van der Waals surface area contributed by atoms with Gasteiger partial charge in [-0.15, -0.1) is 0 Å². The van der Waals surface area contributed by atoms with Gasteiger partial charge in [-0.3, -0.25) is 14.4 Å². The summed E-state index contributed by atoms with van der Waals surface area (Å²) in [4.78, 5) is 38.3. The van der Waals surface area contributed by atoms with Crippen LogP contribution in [0, 0.1) is 0 Å². The third kappa shape index (κ3) is 65.6. The highest BCUT2D eigenvalue weighted by Gasteiger charge is 2.19. The molecule has 0 N–H and O–H groups in total. The van der Waals surface area contributed by atoms with Crippen molar-refractivity contribution in [3.8, 4) is 0 Å². The van der Waals surface area contributed by atoms with Crippen LogP contribution in [-0.2, 0) is 28.6 Å². The molecule has 460 valence electrons. The molecule has 0 rings (SSSR count). The quantitative estimate of drug-likeness (QED) is 0.0261. The van der Waals surface area contributed by atoms with Crippen LogP contribution in [0.2, 0.25) is 0 Å². The lowest BCUT2D eigenvalue weighted by atomic mass is 10.1. The maximum atomic E-state index is 12.9. The van der Waals surface area contributed by atoms with E-state index >= 15 is 0 Å². The van der Waals surface area contributed by atoms with Crippen molar-refractivity contribution in [2.45, 2.75) is 277 Å². The summed E-state index contributed by atoms with van der Waals surface area (Å²) in [6.07, 6.45) is 101. The third-order valence-electron chi connectivity index (χ3n) is 13.4. The van der Waals surface area contributed by atoms with Crippen molar-refractivity contribution >= 4 is 17.9 Å². The largest absolute Gasteiger partial charge is 0.462 e. The molecule has 0 aromatic rings. The van der Waals surface area contributed by atoms with Gasteiger partial charge in [-0.05, 0) is 141 Å². The lowest BCUT2D eigenvalue weighted by Crippen LogP contribution is -2.30. The van der Waals surface area contributed by atoms with Crippen LogP contribution in [0.25, 0.3) is 0 Å². The lowest BCUT2D eigenvalue weighted by molar-refractivity contribution is -0.166. The number of rotatable bonds is 58. The van der Waals surface area contributed by atoms with Gasteiger partial charge < -0.3 is 14.2 Å². The maximum Gasteiger partial charge on any atom is 0.306 e. The van der Waals surface area contributed by atoms with Gasteiger partial charge >= 0.3 is 17.9 Å². The van der Waals surface area contributed by atoms with Crippen molar-refractivity contribution in [1.82, 2.24) is 0 Å². The zero-order chi connectivity index (χ0) is 59.2. The van der Waals surface area contributed by atoms with Gasteiger partial charge in [-0.2, -0.15) is 0 Å². The van der Waals surface area contributed by atoms with Crippen LogP contribution in [0.15, 0.2) is 170 Å². The van der Waals surface area contributed by atoms with Gasteiger partial charge in [0.1, 0.15) is 13.2 Å². The molecule has 0 aliphatic carbocycles. The Morgan fingerprint density at radius 3 is 0.793 bits per heavy atom. The van der Waals surface area contributed by atoms with Crippen LogP contribution in [0.3, 0.4) is 0 Å². The third-order valence-corrected chi connectivity index (χ3v) is 13.4. The fraction of sp³-hybridized carbons (Fsp3) is 0.592. The molecule has 0 aliphatic heterocycles. The predicted octanol–water partition coefficient (Wildman–Crippen LogP) is 23.0. The summed E-state index contributed by atoms with van der Waals surface area (Å²) in [6.45, 7) is 6.32. The first kappa shape index (κ1) is 76.8. The Morgan fingerprint density at radius 1 is 0.256 bits per heavy atom. The first-order valence-corrected chi connectivity index (χ1v) is 33.1. The molecule has 0 fully saturated rings. The predicted molar refractivity (Wildman–Crippen MR) is 357 cm³/mol. The second-order valence-electron chi connectivity index (χ2n) is 21.3. The normalized spacial score (nSPS) is 13.3. The number of carbonyl (C=O) groups excluding carboxylic acids is 3. The van der Waals surface area contributed by atoms with Gasteiger partial charge in [0.15, 0.2) is 6.10 Å². The van der Waals surface area contributed by atoms with E-state index in [2.05, 4.69) is 179 Å². The standard InChI is InChI=1S/C76H120O6/c1-4-7-10-13-16-19-22-25-28-31-33-34-35-36-37-38-39-40-41-42-44-45-48-51-54-57-60-63-66-69-75(78)81-72-73(71-80-74(77)68-65-62-59-56-53-50-47-30-27-24-21-18-15-12-9-6-3)82-76(79)70-67-64-61-58-55-52-49-46-43-32-29-26-23-20-17-14-11-8-5-2/h7-8,10-11,16-17,19-21,24-26,28-30,33-34,36-37,39-40,43,46-47,52,55,61,64,73H,4-6,9,12-15,18,22-23,27,31-32,35,38,41-42,44-45,48-51,53-54,56-60,62-63,65-72H2,1-3H3/b10-7-,11-8-,19-16-,20-17-,24-21-,28-25-,29-26-,34-33-,37-36-,40-39-,46-43-,47-30-,55-52-,64-61-. The highest BCUT2D eigenvalue weighted by molar-refractivity contribution is 5.71.